The molecule has 0 amide bonds. The van der Waals surface area contributed by atoms with Crippen molar-refractivity contribution < 1.29 is 18.3 Å². The minimum atomic E-state index is -1.49. The molecule has 1 unspecified atom stereocenters. The predicted octanol–water partition coefficient (Wildman–Crippen LogP) is 3.33. The normalized spacial score (nSPS) is 17.5. The van der Waals surface area contributed by atoms with Crippen LogP contribution in [0.25, 0.3) is 0 Å². The third-order valence-electron chi connectivity index (χ3n) is 2.94. The van der Waals surface area contributed by atoms with Gasteiger partial charge in [0, 0.05) is 0 Å². The molecule has 0 aromatic heterocycles. The third kappa shape index (κ3) is 2.55. The Morgan fingerprint density at radius 2 is 1.75 bits per heavy atom. The fraction of sp³-hybridized carbons (Fsp3) is 0.500. The zero-order valence-corrected chi connectivity index (χ0v) is 8.72. The van der Waals surface area contributed by atoms with Gasteiger partial charge in [0.2, 0.25) is 0 Å². The fourth-order valence-electron chi connectivity index (χ4n) is 1.73. The number of aliphatic hydroxyl groups excluding tert-OH is 1. The van der Waals surface area contributed by atoms with Crippen LogP contribution in [0, 0.1) is 23.4 Å². The van der Waals surface area contributed by atoms with E-state index in [9.17, 15) is 18.3 Å². The summed E-state index contributed by atoms with van der Waals surface area (Å²) in [5.74, 6) is -3.34. The van der Waals surface area contributed by atoms with E-state index in [4.69, 9.17) is 0 Å². The Labute approximate surface area is 91.9 Å². The molecule has 1 aliphatic carbocycles. The molecule has 0 aliphatic heterocycles. The molecule has 1 nitrogen and oxygen atoms in total. The van der Waals surface area contributed by atoms with Crippen molar-refractivity contribution in [2.75, 3.05) is 0 Å². The number of aliphatic hydroxyl groups is 1. The van der Waals surface area contributed by atoms with Crippen molar-refractivity contribution in [3.05, 3.63) is 35.1 Å². The highest BCUT2D eigenvalue weighted by Gasteiger charge is 2.23. The smallest absolute Gasteiger partial charge is 0.194 e. The maximum Gasteiger partial charge on any atom is 0.194 e. The van der Waals surface area contributed by atoms with Crippen molar-refractivity contribution in [2.45, 2.75) is 31.8 Å². The van der Waals surface area contributed by atoms with Crippen LogP contribution in [0.2, 0.25) is 0 Å². The Morgan fingerprint density at radius 1 is 1.19 bits per heavy atom. The Morgan fingerprint density at radius 3 is 2.25 bits per heavy atom. The average molecular weight is 230 g/mol. The van der Waals surface area contributed by atoms with E-state index in [1.807, 2.05) is 0 Å². The van der Waals surface area contributed by atoms with Crippen molar-refractivity contribution in [3.8, 4) is 0 Å². The van der Waals surface area contributed by atoms with Crippen LogP contribution in [0.5, 0.6) is 0 Å². The molecule has 16 heavy (non-hydrogen) atoms. The van der Waals surface area contributed by atoms with Gasteiger partial charge in [-0.05, 0) is 36.5 Å². The number of hydrogen-bond acceptors (Lipinski definition) is 1. The van der Waals surface area contributed by atoms with Crippen molar-refractivity contribution in [2.24, 2.45) is 5.92 Å². The second-order valence-corrected chi connectivity index (χ2v) is 4.34. The second-order valence-electron chi connectivity index (χ2n) is 4.34. The summed E-state index contributed by atoms with van der Waals surface area (Å²) in [5, 5.41) is 9.68. The van der Waals surface area contributed by atoms with E-state index >= 15 is 0 Å². The summed E-state index contributed by atoms with van der Waals surface area (Å²) in [6.45, 7) is 0. The van der Waals surface area contributed by atoms with Gasteiger partial charge in [-0.15, -0.1) is 0 Å². The van der Waals surface area contributed by atoms with Crippen LogP contribution >= 0.6 is 0 Å². The minimum absolute atomic E-state index is 0.108. The molecule has 1 saturated carbocycles. The standard InChI is InChI=1S/C12H13F3O/c13-9-5-8(6-10(14)12(9)15)11(16)4-3-7-1-2-7/h5-7,11,16H,1-4H2. The summed E-state index contributed by atoms with van der Waals surface area (Å²) in [6.07, 6.45) is 2.74. The summed E-state index contributed by atoms with van der Waals surface area (Å²) < 4.78 is 38.4. The zero-order chi connectivity index (χ0) is 11.7. The topological polar surface area (TPSA) is 20.2 Å². The molecule has 0 radical (unpaired) electrons. The van der Waals surface area contributed by atoms with Gasteiger partial charge in [0.25, 0.3) is 0 Å². The van der Waals surface area contributed by atoms with E-state index in [-0.39, 0.29) is 5.56 Å². The number of hydrogen-bond donors (Lipinski definition) is 1. The van der Waals surface area contributed by atoms with Gasteiger partial charge in [-0.1, -0.05) is 12.8 Å². The summed E-state index contributed by atoms with van der Waals surface area (Å²) in [7, 11) is 0. The second kappa shape index (κ2) is 4.45. The first-order chi connectivity index (χ1) is 7.58. The Bertz CT molecular complexity index is 365. The molecule has 1 aliphatic rings. The largest absolute Gasteiger partial charge is 0.388 e. The van der Waals surface area contributed by atoms with Crippen molar-refractivity contribution in [3.63, 3.8) is 0 Å². The van der Waals surface area contributed by atoms with Gasteiger partial charge in [0.15, 0.2) is 17.5 Å². The Hall–Kier alpha value is -1.03. The van der Waals surface area contributed by atoms with Crippen LogP contribution in [0.4, 0.5) is 13.2 Å². The van der Waals surface area contributed by atoms with Gasteiger partial charge in [0.05, 0.1) is 6.10 Å². The highest BCUT2D eigenvalue weighted by atomic mass is 19.2. The summed E-state index contributed by atoms with van der Waals surface area (Å²) in [6, 6.07) is 1.71. The average Bonchev–Trinajstić information content (AvgIpc) is 3.05. The summed E-state index contributed by atoms with van der Waals surface area (Å²) >= 11 is 0. The number of benzene rings is 1. The first-order valence-electron chi connectivity index (χ1n) is 5.40. The predicted molar refractivity (Wildman–Crippen MR) is 53.2 cm³/mol. The highest BCUT2D eigenvalue weighted by Crippen LogP contribution is 2.36. The van der Waals surface area contributed by atoms with Gasteiger partial charge >= 0.3 is 0 Å². The number of rotatable bonds is 4. The molecule has 4 heteroatoms. The third-order valence-corrected chi connectivity index (χ3v) is 2.94. The molecule has 0 saturated heterocycles. The molecule has 0 bridgehead atoms. The summed E-state index contributed by atoms with van der Waals surface area (Å²) in [5.41, 5.74) is 0.108. The molecule has 1 aromatic rings. The van der Waals surface area contributed by atoms with E-state index in [1.165, 1.54) is 12.8 Å². The molecular weight excluding hydrogens is 217 g/mol. The SMILES string of the molecule is OC(CCC1CC1)c1cc(F)c(F)c(F)c1. The molecule has 1 aromatic carbocycles. The van der Waals surface area contributed by atoms with Gasteiger partial charge in [-0.2, -0.15) is 0 Å². The van der Waals surface area contributed by atoms with Gasteiger partial charge in [-0.3, -0.25) is 0 Å². The molecular formula is C12H13F3O. The van der Waals surface area contributed by atoms with Crippen LogP contribution in [0.3, 0.4) is 0 Å². The molecule has 0 heterocycles. The van der Waals surface area contributed by atoms with Crippen LogP contribution in [-0.4, -0.2) is 5.11 Å². The number of halogens is 3. The fourth-order valence-corrected chi connectivity index (χ4v) is 1.73. The van der Waals surface area contributed by atoms with Crippen LogP contribution in [-0.2, 0) is 0 Å². The lowest BCUT2D eigenvalue weighted by Crippen LogP contribution is -2.02. The first kappa shape index (κ1) is 11.5. The monoisotopic (exact) mass is 230 g/mol. The molecule has 1 fully saturated rings. The van der Waals surface area contributed by atoms with E-state index in [1.54, 1.807) is 0 Å². The molecule has 2 rings (SSSR count). The van der Waals surface area contributed by atoms with E-state index in [0.717, 1.165) is 18.6 Å². The molecule has 88 valence electrons. The van der Waals surface area contributed by atoms with E-state index < -0.39 is 23.6 Å². The minimum Gasteiger partial charge on any atom is -0.388 e. The van der Waals surface area contributed by atoms with Crippen LogP contribution in [0.1, 0.15) is 37.4 Å². The van der Waals surface area contributed by atoms with Crippen molar-refractivity contribution in [1.29, 1.82) is 0 Å². The van der Waals surface area contributed by atoms with Crippen molar-refractivity contribution >= 4 is 0 Å². The molecule has 1 atom stereocenters. The molecule has 1 N–H and O–H groups in total. The van der Waals surface area contributed by atoms with E-state index in [2.05, 4.69) is 0 Å². The lowest BCUT2D eigenvalue weighted by molar-refractivity contribution is 0.161. The maximum absolute atomic E-state index is 12.9. The zero-order valence-electron chi connectivity index (χ0n) is 8.72. The lowest BCUT2D eigenvalue weighted by Gasteiger charge is -2.11. The van der Waals surface area contributed by atoms with Gasteiger partial charge in [0.1, 0.15) is 0 Å². The first-order valence-corrected chi connectivity index (χ1v) is 5.40. The Kier molecular flexibility index (Phi) is 3.19. The van der Waals surface area contributed by atoms with Crippen molar-refractivity contribution in [1.82, 2.24) is 0 Å². The molecule has 0 spiro atoms. The summed E-state index contributed by atoms with van der Waals surface area (Å²) in [4.78, 5) is 0. The van der Waals surface area contributed by atoms with Crippen LogP contribution < -0.4 is 0 Å². The lowest BCUT2D eigenvalue weighted by atomic mass is 10.0. The van der Waals surface area contributed by atoms with Crippen LogP contribution in [0.15, 0.2) is 12.1 Å². The van der Waals surface area contributed by atoms with Gasteiger partial charge in [-0.25, -0.2) is 13.2 Å². The van der Waals surface area contributed by atoms with Gasteiger partial charge < -0.3 is 5.11 Å². The maximum atomic E-state index is 12.9. The quantitative estimate of drug-likeness (QED) is 0.786. The van der Waals surface area contributed by atoms with E-state index in [0.29, 0.717) is 12.3 Å². The Balaban J connectivity index is 2.06. The highest BCUT2D eigenvalue weighted by molar-refractivity contribution is 5.21.